The number of benzene rings is 2. The Balaban J connectivity index is 1.66. The van der Waals surface area contributed by atoms with Crippen molar-refractivity contribution in [3.05, 3.63) is 74.4 Å². The van der Waals surface area contributed by atoms with Gasteiger partial charge in [0.25, 0.3) is 0 Å². The Labute approximate surface area is 156 Å². The fraction of sp³-hybridized carbons (Fsp3) is 0.118. The van der Waals surface area contributed by atoms with E-state index in [1.807, 2.05) is 0 Å². The largest absolute Gasteiger partial charge is 0.459 e. The molecule has 0 aliphatic heterocycles. The Morgan fingerprint density at radius 2 is 1.92 bits per heavy atom. The van der Waals surface area contributed by atoms with Crippen LogP contribution >= 0.6 is 23.2 Å². The summed E-state index contributed by atoms with van der Waals surface area (Å²) in [4.78, 5) is 23.7. The maximum Gasteiger partial charge on any atom is 0.437 e. The van der Waals surface area contributed by atoms with E-state index in [1.165, 1.54) is 30.3 Å². The molecule has 0 unspecified atom stereocenters. The van der Waals surface area contributed by atoms with Crippen molar-refractivity contribution in [2.24, 2.45) is 0 Å². The van der Waals surface area contributed by atoms with Crippen LogP contribution in [0.4, 0.5) is 4.39 Å². The van der Waals surface area contributed by atoms with Gasteiger partial charge in [-0.3, -0.25) is 4.79 Å². The third kappa shape index (κ3) is 4.30. The zero-order chi connectivity index (χ0) is 18.7. The average Bonchev–Trinajstić information content (AvgIpc) is 2.95. The molecule has 3 rings (SSSR count). The topological polar surface area (TPSA) is 74.3 Å². The lowest BCUT2D eigenvalue weighted by molar-refractivity contribution is -0.146. The molecular weight excluding hydrogens is 386 g/mol. The van der Waals surface area contributed by atoms with Gasteiger partial charge in [-0.2, -0.15) is 4.68 Å². The minimum absolute atomic E-state index is 0.0245. The summed E-state index contributed by atoms with van der Waals surface area (Å²) in [7, 11) is 0. The number of carbonyl (C=O) groups excluding carboxylic acids is 1. The van der Waals surface area contributed by atoms with E-state index in [1.54, 1.807) is 12.1 Å². The Hall–Kier alpha value is -2.64. The smallest absolute Gasteiger partial charge is 0.437 e. The van der Waals surface area contributed by atoms with Crippen LogP contribution in [0.2, 0.25) is 10.0 Å². The molecule has 9 heteroatoms. The highest BCUT2D eigenvalue weighted by Crippen LogP contribution is 2.21. The molecule has 0 fully saturated rings. The number of carbonyl (C=O) groups is 1. The van der Waals surface area contributed by atoms with Crippen molar-refractivity contribution in [3.8, 4) is 11.5 Å². The molecule has 0 radical (unpaired) electrons. The van der Waals surface area contributed by atoms with Crippen LogP contribution in [0.5, 0.6) is 0 Å². The van der Waals surface area contributed by atoms with E-state index in [2.05, 4.69) is 5.10 Å². The first kappa shape index (κ1) is 18.2. The highest BCUT2D eigenvalue weighted by Gasteiger charge is 2.14. The molecule has 0 saturated heterocycles. The van der Waals surface area contributed by atoms with Crippen LogP contribution in [0.1, 0.15) is 5.56 Å². The van der Waals surface area contributed by atoms with E-state index >= 15 is 0 Å². The maximum atomic E-state index is 12.9. The number of rotatable bonds is 5. The van der Waals surface area contributed by atoms with Gasteiger partial charge in [0, 0.05) is 21.2 Å². The first-order valence-electron chi connectivity index (χ1n) is 7.36. The fourth-order valence-electron chi connectivity index (χ4n) is 2.08. The standard InChI is InChI=1S/C17H11Cl2FN2O4/c18-12-4-1-11(14(19)7-12)9-25-15(23)8-22-17(24)26-16(21-22)10-2-5-13(20)6-3-10/h1-7H,8-9H2. The summed E-state index contributed by atoms with van der Waals surface area (Å²) in [5.41, 5.74) is 0.979. The number of halogens is 3. The second-order valence-corrected chi connectivity index (χ2v) is 6.08. The highest BCUT2D eigenvalue weighted by molar-refractivity contribution is 6.35. The van der Waals surface area contributed by atoms with Crippen molar-refractivity contribution >= 4 is 29.2 Å². The van der Waals surface area contributed by atoms with Crippen LogP contribution in [-0.4, -0.2) is 15.7 Å². The lowest BCUT2D eigenvalue weighted by atomic mass is 10.2. The number of hydrogen-bond acceptors (Lipinski definition) is 5. The predicted octanol–water partition coefficient (Wildman–Crippen LogP) is 3.69. The summed E-state index contributed by atoms with van der Waals surface area (Å²) in [6.45, 7) is -0.513. The highest BCUT2D eigenvalue weighted by atomic mass is 35.5. The van der Waals surface area contributed by atoms with Crippen molar-refractivity contribution in [2.75, 3.05) is 0 Å². The van der Waals surface area contributed by atoms with E-state index in [4.69, 9.17) is 32.4 Å². The molecule has 0 aliphatic carbocycles. The van der Waals surface area contributed by atoms with Crippen LogP contribution < -0.4 is 5.76 Å². The van der Waals surface area contributed by atoms with E-state index in [0.29, 0.717) is 21.2 Å². The van der Waals surface area contributed by atoms with E-state index in [9.17, 15) is 14.0 Å². The molecule has 0 spiro atoms. The molecule has 0 aliphatic rings. The van der Waals surface area contributed by atoms with Crippen LogP contribution in [0.25, 0.3) is 11.5 Å². The first-order chi connectivity index (χ1) is 12.4. The lowest BCUT2D eigenvalue weighted by Gasteiger charge is -2.06. The summed E-state index contributed by atoms with van der Waals surface area (Å²) >= 11 is 11.8. The van der Waals surface area contributed by atoms with E-state index < -0.39 is 24.1 Å². The van der Waals surface area contributed by atoms with Crippen molar-refractivity contribution in [3.63, 3.8) is 0 Å². The SMILES string of the molecule is O=C(Cn1nc(-c2ccc(F)cc2)oc1=O)OCc1ccc(Cl)cc1Cl. The molecule has 0 bridgehead atoms. The van der Waals surface area contributed by atoms with E-state index in [-0.39, 0.29) is 12.5 Å². The molecule has 1 aromatic heterocycles. The van der Waals surface area contributed by atoms with Crippen molar-refractivity contribution < 1.29 is 18.3 Å². The van der Waals surface area contributed by atoms with Gasteiger partial charge in [0.05, 0.1) is 0 Å². The van der Waals surface area contributed by atoms with Crippen LogP contribution in [0.15, 0.2) is 51.7 Å². The molecule has 0 atom stereocenters. The maximum absolute atomic E-state index is 12.9. The second kappa shape index (κ2) is 7.72. The average molecular weight is 397 g/mol. The summed E-state index contributed by atoms with van der Waals surface area (Å²) in [6, 6.07) is 10.0. The number of hydrogen-bond donors (Lipinski definition) is 0. The van der Waals surface area contributed by atoms with Gasteiger partial charge in [-0.25, -0.2) is 9.18 Å². The molecule has 0 amide bonds. The minimum Gasteiger partial charge on any atom is -0.459 e. The molecule has 0 saturated carbocycles. The normalized spacial score (nSPS) is 10.7. The van der Waals surface area contributed by atoms with Gasteiger partial charge in [-0.1, -0.05) is 29.3 Å². The zero-order valence-corrected chi connectivity index (χ0v) is 14.6. The molecule has 3 aromatic rings. The Morgan fingerprint density at radius 3 is 2.62 bits per heavy atom. The fourth-order valence-corrected chi connectivity index (χ4v) is 2.54. The second-order valence-electron chi connectivity index (χ2n) is 5.23. The number of esters is 1. The van der Waals surface area contributed by atoms with Gasteiger partial charge in [-0.15, -0.1) is 5.10 Å². The van der Waals surface area contributed by atoms with Crippen LogP contribution in [0.3, 0.4) is 0 Å². The molecular formula is C17H11Cl2FN2O4. The van der Waals surface area contributed by atoms with Gasteiger partial charge in [0.1, 0.15) is 19.0 Å². The molecule has 6 nitrogen and oxygen atoms in total. The predicted molar refractivity (Wildman–Crippen MR) is 92.4 cm³/mol. The minimum atomic E-state index is -0.828. The third-order valence-electron chi connectivity index (χ3n) is 3.38. The van der Waals surface area contributed by atoms with Crippen molar-refractivity contribution in [1.82, 2.24) is 9.78 Å². The van der Waals surface area contributed by atoms with E-state index in [0.717, 1.165) is 4.68 Å². The number of ether oxygens (including phenoxy) is 1. The Morgan fingerprint density at radius 1 is 1.19 bits per heavy atom. The summed E-state index contributed by atoms with van der Waals surface area (Å²) in [5.74, 6) is -1.98. The van der Waals surface area contributed by atoms with Crippen LogP contribution in [0, 0.1) is 5.82 Å². The molecule has 26 heavy (non-hydrogen) atoms. The third-order valence-corrected chi connectivity index (χ3v) is 3.97. The first-order valence-corrected chi connectivity index (χ1v) is 8.11. The molecule has 2 aromatic carbocycles. The van der Waals surface area contributed by atoms with Crippen molar-refractivity contribution in [1.29, 1.82) is 0 Å². The quantitative estimate of drug-likeness (QED) is 0.614. The Bertz CT molecular complexity index is 999. The van der Waals surface area contributed by atoms with Gasteiger partial charge >= 0.3 is 11.7 Å². The molecule has 0 N–H and O–H groups in total. The van der Waals surface area contributed by atoms with Gasteiger partial charge in [0.15, 0.2) is 0 Å². The molecule has 1 heterocycles. The lowest BCUT2D eigenvalue weighted by Crippen LogP contribution is -2.23. The number of nitrogens with zero attached hydrogens (tertiary/aromatic N) is 2. The summed E-state index contributed by atoms with van der Waals surface area (Å²) in [6.07, 6.45) is 0. The van der Waals surface area contributed by atoms with Crippen molar-refractivity contribution in [2.45, 2.75) is 13.2 Å². The summed E-state index contributed by atoms with van der Waals surface area (Å²) in [5, 5.41) is 4.73. The zero-order valence-electron chi connectivity index (χ0n) is 13.1. The monoisotopic (exact) mass is 396 g/mol. The van der Waals surface area contributed by atoms with Gasteiger partial charge < -0.3 is 9.15 Å². The molecule has 134 valence electrons. The van der Waals surface area contributed by atoms with Crippen LogP contribution in [-0.2, 0) is 22.7 Å². The summed E-state index contributed by atoms with van der Waals surface area (Å²) < 4.78 is 23.8. The van der Waals surface area contributed by atoms with Gasteiger partial charge in [0.2, 0.25) is 5.89 Å². The van der Waals surface area contributed by atoms with Gasteiger partial charge in [-0.05, 0) is 36.4 Å². The number of aromatic nitrogens is 2. The Kier molecular flexibility index (Phi) is 5.39.